The van der Waals surface area contributed by atoms with Crippen LogP contribution in [0.15, 0.2) is 30.3 Å². The molecule has 7 heteroatoms. The van der Waals surface area contributed by atoms with Crippen LogP contribution in [0.2, 0.25) is 10.0 Å². The Kier molecular flexibility index (Phi) is 5.00. The van der Waals surface area contributed by atoms with E-state index >= 15 is 0 Å². The van der Waals surface area contributed by atoms with Gasteiger partial charge < -0.3 is 19.7 Å². The number of hydrogen-bond acceptors (Lipinski definition) is 4. The summed E-state index contributed by atoms with van der Waals surface area (Å²) in [5.74, 6) is -0.841. The number of hydrogen-bond donors (Lipinski definition) is 2. The fraction of sp³-hybridized carbons (Fsp3) is 0.133. The maximum atomic E-state index is 10.8. The van der Waals surface area contributed by atoms with Crippen LogP contribution in [0.25, 0.3) is 0 Å². The van der Waals surface area contributed by atoms with E-state index in [1.54, 1.807) is 12.1 Å². The normalized spacial score (nSPS) is 10.3. The lowest BCUT2D eigenvalue weighted by molar-refractivity contribution is 0.0693. The molecule has 0 radical (unpaired) electrons. The van der Waals surface area contributed by atoms with Gasteiger partial charge in [-0.15, -0.1) is 0 Å². The van der Waals surface area contributed by atoms with Crippen LogP contribution in [0.3, 0.4) is 0 Å². The van der Waals surface area contributed by atoms with Crippen LogP contribution < -0.4 is 9.47 Å². The van der Waals surface area contributed by atoms with Gasteiger partial charge in [0.15, 0.2) is 0 Å². The molecular weight excluding hydrogens is 331 g/mol. The number of carboxylic acid groups (broad SMARTS) is 1. The molecule has 0 amide bonds. The lowest BCUT2D eigenvalue weighted by Gasteiger charge is -2.12. The standard InChI is InChI=1S/C15H12Cl2O5/c1-21-14-8(4-9(16)5-12(14)17)7-22-10-2-3-11(15(19)20)13(18)6-10/h2-6,18H,7H2,1H3,(H,19,20). The van der Waals surface area contributed by atoms with Crippen LogP contribution in [-0.4, -0.2) is 23.3 Å². The highest BCUT2D eigenvalue weighted by Gasteiger charge is 2.13. The third-order valence-electron chi connectivity index (χ3n) is 2.88. The minimum Gasteiger partial charge on any atom is -0.507 e. The molecule has 5 nitrogen and oxygen atoms in total. The van der Waals surface area contributed by atoms with E-state index in [0.29, 0.717) is 27.1 Å². The molecule has 0 aliphatic heterocycles. The predicted octanol–water partition coefficient (Wildman–Crippen LogP) is 3.98. The van der Waals surface area contributed by atoms with Gasteiger partial charge in [-0.25, -0.2) is 4.79 Å². The number of carboxylic acids is 1. The third-order valence-corrected chi connectivity index (χ3v) is 3.38. The van der Waals surface area contributed by atoms with E-state index in [9.17, 15) is 9.90 Å². The average molecular weight is 343 g/mol. The fourth-order valence-corrected chi connectivity index (χ4v) is 2.51. The van der Waals surface area contributed by atoms with E-state index in [1.165, 1.54) is 25.3 Å². The van der Waals surface area contributed by atoms with Crippen molar-refractivity contribution >= 4 is 29.2 Å². The van der Waals surface area contributed by atoms with Crippen molar-refractivity contribution in [2.24, 2.45) is 0 Å². The van der Waals surface area contributed by atoms with Gasteiger partial charge in [-0.1, -0.05) is 23.2 Å². The van der Waals surface area contributed by atoms with Gasteiger partial charge >= 0.3 is 5.97 Å². The molecule has 0 aliphatic rings. The van der Waals surface area contributed by atoms with Crippen molar-refractivity contribution in [3.05, 3.63) is 51.5 Å². The van der Waals surface area contributed by atoms with E-state index in [0.717, 1.165) is 0 Å². The second-order valence-electron chi connectivity index (χ2n) is 4.35. The van der Waals surface area contributed by atoms with Crippen molar-refractivity contribution in [3.8, 4) is 17.2 Å². The van der Waals surface area contributed by atoms with Crippen LogP contribution in [0, 0.1) is 0 Å². The molecular formula is C15H12Cl2O5. The number of phenols is 1. The first-order valence-electron chi connectivity index (χ1n) is 6.13. The predicted molar refractivity (Wildman–Crippen MR) is 82.4 cm³/mol. The zero-order valence-corrected chi connectivity index (χ0v) is 13.0. The molecule has 2 rings (SSSR count). The summed E-state index contributed by atoms with van der Waals surface area (Å²) in [7, 11) is 1.48. The van der Waals surface area contributed by atoms with Gasteiger partial charge in [0.1, 0.15) is 29.4 Å². The van der Waals surface area contributed by atoms with E-state index < -0.39 is 5.97 Å². The number of aromatic hydroxyl groups is 1. The van der Waals surface area contributed by atoms with Crippen LogP contribution >= 0.6 is 23.2 Å². The largest absolute Gasteiger partial charge is 0.507 e. The van der Waals surface area contributed by atoms with Gasteiger partial charge in [0.2, 0.25) is 0 Å². The molecule has 2 aromatic rings. The topological polar surface area (TPSA) is 76.0 Å². The smallest absolute Gasteiger partial charge is 0.339 e. The maximum Gasteiger partial charge on any atom is 0.339 e. The summed E-state index contributed by atoms with van der Waals surface area (Å²) in [6.07, 6.45) is 0. The Bertz CT molecular complexity index is 715. The van der Waals surface area contributed by atoms with E-state index in [-0.39, 0.29) is 17.9 Å². The average Bonchev–Trinajstić information content (AvgIpc) is 2.44. The SMILES string of the molecule is COc1c(Cl)cc(Cl)cc1COc1ccc(C(=O)O)c(O)c1. The molecule has 116 valence electrons. The number of halogens is 2. The first kappa shape index (κ1) is 16.3. The molecule has 0 atom stereocenters. The van der Waals surface area contributed by atoms with Gasteiger partial charge in [-0.3, -0.25) is 0 Å². The Labute approximate surface area is 136 Å². The lowest BCUT2D eigenvalue weighted by atomic mass is 10.2. The summed E-state index contributed by atoms with van der Waals surface area (Å²) in [5, 5.41) is 19.3. The first-order chi connectivity index (χ1) is 10.4. The Morgan fingerprint density at radius 2 is 1.95 bits per heavy atom. The second-order valence-corrected chi connectivity index (χ2v) is 5.20. The lowest BCUT2D eigenvalue weighted by Crippen LogP contribution is -2.01. The van der Waals surface area contributed by atoms with Crippen molar-refractivity contribution in [2.45, 2.75) is 6.61 Å². The van der Waals surface area contributed by atoms with Crippen LogP contribution in [0.1, 0.15) is 15.9 Å². The molecule has 0 fully saturated rings. The molecule has 0 aliphatic carbocycles. The van der Waals surface area contributed by atoms with Gasteiger partial charge in [-0.05, 0) is 24.3 Å². The second kappa shape index (κ2) is 6.77. The molecule has 0 aromatic heterocycles. The van der Waals surface area contributed by atoms with Crippen molar-refractivity contribution in [3.63, 3.8) is 0 Å². The number of ether oxygens (including phenoxy) is 2. The van der Waals surface area contributed by atoms with Gasteiger partial charge in [0.05, 0.1) is 12.1 Å². The van der Waals surface area contributed by atoms with E-state index in [1.807, 2.05) is 0 Å². The van der Waals surface area contributed by atoms with Crippen LogP contribution in [-0.2, 0) is 6.61 Å². The minimum absolute atomic E-state index is 0.0926. The Hall–Kier alpha value is -2.11. The van der Waals surface area contributed by atoms with Crippen molar-refractivity contribution in [1.82, 2.24) is 0 Å². The number of carbonyl (C=O) groups is 1. The third kappa shape index (κ3) is 3.55. The summed E-state index contributed by atoms with van der Waals surface area (Å²) < 4.78 is 10.7. The molecule has 0 saturated carbocycles. The summed E-state index contributed by atoms with van der Waals surface area (Å²) in [5.41, 5.74) is 0.428. The molecule has 0 unspecified atom stereocenters. The molecule has 2 N–H and O–H groups in total. The molecule has 0 spiro atoms. The number of aromatic carboxylic acids is 1. The van der Waals surface area contributed by atoms with Crippen molar-refractivity contribution < 1.29 is 24.5 Å². The van der Waals surface area contributed by atoms with Gasteiger partial charge in [0, 0.05) is 16.7 Å². The van der Waals surface area contributed by atoms with Gasteiger partial charge in [-0.2, -0.15) is 0 Å². The van der Waals surface area contributed by atoms with Crippen molar-refractivity contribution in [1.29, 1.82) is 0 Å². The molecule has 0 heterocycles. The summed E-state index contributed by atoms with van der Waals surface area (Å²) in [6, 6.07) is 7.13. The summed E-state index contributed by atoms with van der Waals surface area (Å²) in [4.78, 5) is 10.8. The fourth-order valence-electron chi connectivity index (χ4n) is 1.89. The molecule has 0 saturated heterocycles. The number of methoxy groups -OCH3 is 1. The highest BCUT2D eigenvalue weighted by Crippen LogP contribution is 2.33. The Balaban J connectivity index is 2.20. The molecule has 0 bridgehead atoms. The first-order valence-corrected chi connectivity index (χ1v) is 6.89. The Morgan fingerprint density at radius 1 is 1.23 bits per heavy atom. The van der Waals surface area contributed by atoms with Crippen LogP contribution in [0.5, 0.6) is 17.2 Å². The monoisotopic (exact) mass is 342 g/mol. The zero-order valence-electron chi connectivity index (χ0n) is 11.5. The maximum absolute atomic E-state index is 10.8. The number of benzene rings is 2. The van der Waals surface area contributed by atoms with E-state index in [4.69, 9.17) is 37.8 Å². The quantitative estimate of drug-likeness (QED) is 0.859. The van der Waals surface area contributed by atoms with E-state index in [2.05, 4.69) is 0 Å². The summed E-state index contributed by atoms with van der Waals surface area (Å²) >= 11 is 12.0. The minimum atomic E-state index is -1.22. The highest BCUT2D eigenvalue weighted by atomic mass is 35.5. The van der Waals surface area contributed by atoms with Gasteiger partial charge in [0.25, 0.3) is 0 Å². The number of rotatable bonds is 5. The van der Waals surface area contributed by atoms with Crippen molar-refractivity contribution in [2.75, 3.05) is 7.11 Å². The Morgan fingerprint density at radius 3 is 2.55 bits per heavy atom. The summed E-state index contributed by atoms with van der Waals surface area (Å²) in [6.45, 7) is 0.0926. The molecule has 22 heavy (non-hydrogen) atoms. The van der Waals surface area contributed by atoms with Crippen LogP contribution in [0.4, 0.5) is 0 Å². The molecule has 2 aromatic carbocycles. The zero-order chi connectivity index (χ0) is 16.3. The highest BCUT2D eigenvalue weighted by molar-refractivity contribution is 6.35.